The molecule has 6 nitrogen and oxygen atoms in total. The van der Waals surface area contributed by atoms with Crippen molar-refractivity contribution in [3.8, 4) is 0 Å². The van der Waals surface area contributed by atoms with E-state index in [1.807, 2.05) is 25.7 Å². The van der Waals surface area contributed by atoms with Crippen LogP contribution >= 0.6 is 11.8 Å². The first kappa shape index (κ1) is 19.1. The minimum Gasteiger partial charge on any atom is -0.444 e. The lowest BCUT2D eigenvalue weighted by atomic mass is 10.0. The Bertz CT molecular complexity index is 503. The van der Waals surface area contributed by atoms with Crippen LogP contribution in [0.5, 0.6) is 0 Å². The summed E-state index contributed by atoms with van der Waals surface area (Å²) in [5.41, 5.74) is -0.511. The zero-order valence-electron chi connectivity index (χ0n) is 15.0. The van der Waals surface area contributed by atoms with Crippen molar-refractivity contribution in [2.45, 2.75) is 58.6 Å². The Morgan fingerprint density at radius 1 is 1.29 bits per heavy atom. The van der Waals surface area contributed by atoms with Crippen LogP contribution in [0.4, 0.5) is 4.79 Å². The Morgan fingerprint density at radius 2 is 2.00 bits per heavy atom. The molecule has 0 N–H and O–H groups in total. The standard InChI is InChI=1S/C17H28N2O4S/c1-12(20)24-11-13-8-15(21)19(9-13)14-6-5-7-18(10-14)16(22)23-17(2,3)4/h13-14H,5-11H2,1-4H3/t13?,14-/m1/s1. The lowest BCUT2D eigenvalue weighted by Gasteiger charge is -2.38. The van der Waals surface area contributed by atoms with E-state index in [9.17, 15) is 14.4 Å². The van der Waals surface area contributed by atoms with E-state index in [4.69, 9.17) is 4.74 Å². The maximum atomic E-state index is 12.3. The van der Waals surface area contributed by atoms with E-state index in [1.54, 1.807) is 11.8 Å². The first-order valence-electron chi connectivity index (χ1n) is 8.56. The van der Waals surface area contributed by atoms with E-state index in [-0.39, 0.29) is 29.1 Å². The average molecular weight is 356 g/mol. The molecule has 0 bridgehead atoms. The van der Waals surface area contributed by atoms with Gasteiger partial charge in [0.25, 0.3) is 0 Å². The van der Waals surface area contributed by atoms with Crippen molar-refractivity contribution < 1.29 is 19.1 Å². The molecule has 7 heteroatoms. The van der Waals surface area contributed by atoms with Gasteiger partial charge in [-0.05, 0) is 39.5 Å². The Kier molecular flexibility index (Phi) is 6.17. The van der Waals surface area contributed by atoms with E-state index in [0.29, 0.717) is 31.8 Å². The minimum absolute atomic E-state index is 0.0612. The molecular formula is C17H28N2O4S. The second-order valence-electron chi connectivity index (χ2n) is 7.64. The number of thioether (sulfide) groups is 1. The van der Waals surface area contributed by atoms with Gasteiger partial charge in [-0.2, -0.15) is 0 Å². The quantitative estimate of drug-likeness (QED) is 0.777. The monoisotopic (exact) mass is 356 g/mol. The van der Waals surface area contributed by atoms with Crippen LogP contribution in [0.25, 0.3) is 0 Å². The Labute approximate surface area is 148 Å². The summed E-state index contributed by atoms with van der Waals surface area (Å²) in [7, 11) is 0. The van der Waals surface area contributed by atoms with Crippen LogP contribution in [-0.4, -0.2) is 63.9 Å². The predicted octanol–water partition coefficient (Wildman–Crippen LogP) is 2.51. The number of rotatable bonds is 3. The van der Waals surface area contributed by atoms with Crippen LogP contribution in [0, 0.1) is 5.92 Å². The fraction of sp³-hybridized carbons (Fsp3) is 0.824. The van der Waals surface area contributed by atoms with Crippen LogP contribution in [0.2, 0.25) is 0 Å². The van der Waals surface area contributed by atoms with E-state index in [1.165, 1.54) is 11.8 Å². The largest absolute Gasteiger partial charge is 0.444 e. The molecule has 0 aromatic rings. The second kappa shape index (κ2) is 7.76. The number of hydrogen-bond donors (Lipinski definition) is 0. The van der Waals surface area contributed by atoms with Gasteiger partial charge in [0, 0.05) is 44.8 Å². The number of carbonyl (C=O) groups excluding carboxylic acids is 3. The van der Waals surface area contributed by atoms with Crippen LogP contribution in [0.3, 0.4) is 0 Å². The molecule has 2 rings (SSSR count). The van der Waals surface area contributed by atoms with Crippen LogP contribution in [-0.2, 0) is 14.3 Å². The van der Waals surface area contributed by atoms with Crippen molar-refractivity contribution in [2.75, 3.05) is 25.4 Å². The van der Waals surface area contributed by atoms with Gasteiger partial charge in [0.1, 0.15) is 5.60 Å². The van der Waals surface area contributed by atoms with Gasteiger partial charge < -0.3 is 14.5 Å². The van der Waals surface area contributed by atoms with E-state index in [2.05, 4.69) is 0 Å². The summed E-state index contributed by atoms with van der Waals surface area (Å²) in [5, 5.41) is 0.0923. The predicted molar refractivity (Wildman–Crippen MR) is 93.8 cm³/mol. The molecule has 136 valence electrons. The van der Waals surface area contributed by atoms with Gasteiger partial charge in [0.05, 0.1) is 0 Å². The molecule has 2 aliphatic heterocycles. The van der Waals surface area contributed by atoms with Crippen molar-refractivity contribution in [2.24, 2.45) is 5.92 Å². The minimum atomic E-state index is -0.511. The van der Waals surface area contributed by atoms with Crippen molar-refractivity contribution in [1.29, 1.82) is 0 Å². The van der Waals surface area contributed by atoms with E-state index in [0.717, 1.165) is 12.8 Å². The summed E-state index contributed by atoms with van der Waals surface area (Å²) in [5.74, 6) is 1.06. The molecule has 0 radical (unpaired) electrons. The highest BCUT2D eigenvalue weighted by Gasteiger charge is 2.37. The summed E-state index contributed by atoms with van der Waals surface area (Å²) in [6, 6.07) is 0.0612. The number of hydrogen-bond acceptors (Lipinski definition) is 5. The summed E-state index contributed by atoms with van der Waals surface area (Å²) in [6.07, 6.45) is 1.99. The van der Waals surface area contributed by atoms with Gasteiger partial charge in [-0.3, -0.25) is 9.59 Å². The maximum absolute atomic E-state index is 12.3. The first-order valence-corrected chi connectivity index (χ1v) is 9.55. The van der Waals surface area contributed by atoms with Crippen molar-refractivity contribution >= 4 is 28.9 Å². The molecule has 0 saturated carbocycles. The molecule has 24 heavy (non-hydrogen) atoms. The number of carbonyl (C=O) groups is 3. The molecule has 2 fully saturated rings. The van der Waals surface area contributed by atoms with Gasteiger partial charge in [0.2, 0.25) is 5.91 Å². The lowest BCUT2D eigenvalue weighted by molar-refractivity contribution is -0.130. The Balaban J connectivity index is 1.91. The Morgan fingerprint density at radius 3 is 2.62 bits per heavy atom. The fourth-order valence-electron chi connectivity index (χ4n) is 3.21. The zero-order chi connectivity index (χ0) is 17.9. The fourth-order valence-corrected chi connectivity index (χ4v) is 3.90. The lowest BCUT2D eigenvalue weighted by Crippen LogP contribution is -2.51. The summed E-state index contributed by atoms with van der Waals surface area (Å²) >= 11 is 1.29. The third-order valence-corrected chi connectivity index (χ3v) is 5.29. The number of nitrogens with zero attached hydrogens (tertiary/aromatic N) is 2. The summed E-state index contributed by atoms with van der Waals surface area (Å²) < 4.78 is 5.44. The van der Waals surface area contributed by atoms with Crippen LogP contribution in [0.1, 0.15) is 47.0 Å². The third-order valence-electron chi connectivity index (χ3n) is 4.25. The number of likely N-dealkylation sites (tertiary alicyclic amines) is 2. The molecular weight excluding hydrogens is 328 g/mol. The number of amides is 2. The van der Waals surface area contributed by atoms with Crippen molar-refractivity contribution in [1.82, 2.24) is 9.80 Å². The van der Waals surface area contributed by atoms with Crippen molar-refractivity contribution in [3.05, 3.63) is 0 Å². The van der Waals surface area contributed by atoms with Gasteiger partial charge in [-0.1, -0.05) is 11.8 Å². The molecule has 0 aliphatic carbocycles. The van der Waals surface area contributed by atoms with E-state index >= 15 is 0 Å². The maximum Gasteiger partial charge on any atom is 0.410 e. The van der Waals surface area contributed by atoms with Crippen LogP contribution in [0.15, 0.2) is 0 Å². The topological polar surface area (TPSA) is 66.9 Å². The van der Waals surface area contributed by atoms with E-state index < -0.39 is 5.60 Å². The average Bonchev–Trinajstić information content (AvgIpc) is 2.84. The first-order chi connectivity index (χ1) is 11.2. The van der Waals surface area contributed by atoms with Crippen molar-refractivity contribution in [3.63, 3.8) is 0 Å². The highest BCUT2D eigenvalue weighted by atomic mass is 32.2. The molecule has 0 aromatic heterocycles. The molecule has 2 aliphatic rings. The van der Waals surface area contributed by atoms with Gasteiger partial charge in [-0.15, -0.1) is 0 Å². The molecule has 2 amide bonds. The molecule has 2 atom stereocenters. The highest BCUT2D eigenvalue weighted by Crippen LogP contribution is 2.27. The van der Waals surface area contributed by atoms with Gasteiger partial charge >= 0.3 is 6.09 Å². The van der Waals surface area contributed by atoms with Gasteiger partial charge in [0.15, 0.2) is 5.12 Å². The smallest absolute Gasteiger partial charge is 0.410 e. The van der Waals surface area contributed by atoms with Crippen LogP contribution < -0.4 is 0 Å². The Hall–Kier alpha value is -1.24. The summed E-state index contributed by atoms with van der Waals surface area (Å²) in [6.45, 7) is 9.02. The third kappa shape index (κ3) is 5.40. The van der Waals surface area contributed by atoms with Gasteiger partial charge in [-0.25, -0.2) is 4.79 Å². The molecule has 0 spiro atoms. The summed E-state index contributed by atoms with van der Waals surface area (Å²) in [4.78, 5) is 39.3. The molecule has 2 saturated heterocycles. The highest BCUT2D eigenvalue weighted by molar-refractivity contribution is 8.13. The molecule has 2 heterocycles. The zero-order valence-corrected chi connectivity index (χ0v) is 15.9. The second-order valence-corrected chi connectivity index (χ2v) is 8.84. The SMILES string of the molecule is CC(=O)SCC1CC(=O)N([C@@H]2CCCN(C(=O)OC(C)(C)C)C2)C1. The number of ether oxygens (including phenoxy) is 1. The molecule has 0 aromatic carbocycles. The number of piperidine rings is 1. The normalized spacial score (nSPS) is 25.1. The molecule has 1 unspecified atom stereocenters.